The molecule has 4 aliphatic heterocycles. The number of rotatable bonds is 3. The number of ether oxygens (including phenoxy) is 6. The van der Waals surface area contributed by atoms with Crippen LogP contribution in [0.5, 0.6) is 0 Å². The van der Waals surface area contributed by atoms with Crippen LogP contribution in [0.15, 0.2) is 11.6 Å². The number of esters is 1. The number of carbonyl (C=O) groups is 1. The van der Waals surface area contributed by atoms with Gasteiger partial charge in [0, 0.05) is 29.6 Å². The molecule has 18 atom stereocenters. The Hall–Kier alpha value is -1.15. The Balaban J connectivity index is 1.06. The van der Waals surface area contributed by atoms with E-state index in [0.29, 0.717) is 12.3 Å². The van der Waals surface area contributed by atoms with Crippen molar-refractivity contribution in [1.29, 1.82) is 0 Å². The van der Waals surface area contributed by atoms with Crippen molar-refractivity contribution in [3.05, 3.63) is 11.6 Å². The minimum atomic E-state index is -1.32. The van der Waals surface area contributed by atoms with Gasteiger partial charge < -0.3 is 48.8 Å². The van der Waals surface area contributed by atoms with Gasteiger partial charge in [0.2, 0.25) is 5.79 Å². The van der Waals surface area contributed by atoms with Crippen molar-refractivity contribution in [3.63, 3.8) is 0 Å². The van der Waals surface area contributed by atoms with Crippen LogP contribution in [0.25, 0.3) is 0 Å². The molecule has 4 saturated heterocycles. The molecule has 9 aliphatic rings. The fourth-order valence-electron chi connectivity index (χ4n) is 13.8. The highest BCUT2D eigenvalue weighted by molar-refractivity contribution is 5.66. The van der Waals surface area contributed by atoms with Crippen LogP contribution in [0.1, 0.15) is 93.4 Å². The van der Waals surface area contributed by atoms with Gasteiger partial charge in [-0.1, -0.05) is 46.3 Å². The van der Waals surface area contributed by atoms with Gasteiger partial charge in [0.05, 0.1) is 18.8 Å². The van der Waals surface area contributed by atoms with E-state index in [4.69, 9.17) is 28.4 Å². The lowest BCUT2D eigenvalue weighted by atomic mass is 9.44. The van der Waals surface area contributed by atoms with Crippen LogP contribution in [0.4, 0.5) is 0 Å². The zero-order valence-electron chi connectivity index (χ0n) is 29.3. The van der Waals surface area contributed by atoms with E-state index in [1.165, 1.54) is 12.5 Å². The number of carbonyl (C=O) groups excluding carboxylic acids is 1. The molecule has 8 fully saturated rings. The normalized spacial score (nSPS) is 61.6. The van der Waals surface area contributed by atoms with Crippen molar-refractivity contribution in [2.75, 3.05) is 6.61 Å². The van der Waals surface area contributed by atoms with E-state index < -0.39 is 42.3 Å². The molecule has 0 amide bonds. The molecule has 0 radical (unpaired) electrons. The average molecular weight is 675 g/mol. The first-order valence-corrected chi connectivity index (χ1v) is 18.3. The predicted molar refractivity (Wildman–Crippen MR) is 168 cm³/mol. The Morgan fingerprint density at radius 1 is 0.958 bits per heavy atom. The number of epoxide rings is 1. The van der Waals surface area contributed by atoms with Gasteiger partial charge in [-0.3, -0.25) is 4.79 Å². The number of hydrogen-bond donors (Lipinski definition) is 4. The smallest absolute Gasteiger partial charge is 0.302 e. The first-order chi connectivity index (χ1) is 22.4. The van der Waals surface area contributed by atoms with Crippen LogP contribution in [0, 0.1) is 44.8 Å². The van der Waals surface area contributed by atoms with Crippen molar-refractivity contribution in [2.45, 2.75) is 160 Å². The summed E-state index contributed by atoms with van der Waals surface area (Å²) in [4.78, 5) is 12.9. The van der Waals surface area contributed by atoms with E-state index in [1.807, 2.05) is 6.92 Å². The molecule has 0 aromatic rings. The van der Waals surface area contributed by atoms with Gasteiger partial charge in [-0.05, 0) is 74.0 Å². The lowest BCUT2D eigenvalue weighted by Gasteiger charge is -2.62. The van der Waals surface area contributed by atoms with Crippen molar-refractivity contribution in [1.82, 2.24) is 0 Å². The van der Waals surface area contributed by atoms with Gasteiger partial charge in [0.25, 0.3) is 0 Å². The Morgan fingerprint density at radius 2 is 1.71 bits per heavy atom. The molecular weight excluding hydrogens is 620 g/mol. The van der Waals surface area contributed by atoms with Gasteiger partial charge in [-0.2, -0.15) is 0 Å². The SMILES string of the molecule is CC(=O)O[C@@H]1C[C@@]23C[C@@]24CC[C@H](O[C@@H]2OC[C@@H](O)[C@H](O)[C@H]2O)C(C)(C)C4CC=C3[C@]2(C)C[C@@H]3O[C@]4(C[C@@H](C)[C@@H]3[C@@]12C)O[C@@H](O)[C@@]1(C)O[C@@H]41. The Kier molecular flexibility index (Phi) is 6.57. The lowest BCUT2D eigenvalue weighted by Crippen LogP contribution is -2.61. The highest BCUT2D eigenvalue weighted by Gasteiger charge is 2.85. The van der Waals surface area contributed by atoms with Crippen molar-refractivity contribution in [3.8, 4) is 0 Å². The molecule has 1 unspecified atom stereocenters. The summed E-state index contributed by atoms with van der Waals surface area (Å²) in [6.07, 6.45) is 1.68. The number of allylic oxidation sites excluding steroid dienone is 2. The fourth-order valence-corrected chi connectivity index (χ4v) is 13.8. The summed E-state index contributed by atoms with van der Waals surface area (Å²) in [5, 5.41) is 41.7. The van der Waals surface area contributed by atoms with Gasteiger partial charge >= 0.3 is 5.97 Å². The number of fused-ring (bicyclic) bond motifs is 6. The van der Waals surface area contributed by atoms with E-state index >= 15 is 0 Å². The first kappa shape index (κ1) is 32.7. The molecule has 4 heterocycles. The second-order valence-electron chi connectivity index (χ2n) is 18.5. The third-order valence-corrected chi connectivity index (χ3v) is 16.1. The third-order valence-electron chi connectivity index (χ3n) is 16.1. The van der Waals surface area contributed by atoms with Crippen LogP contribution >= 0.6 is 0 Å². The largest absolute Gasteiger partial charge is 0.462 e. The molecule has 4 N–H and O–H groups in total. The number of hydrogen-bond acceptors (Lipinski definition) is 11. The second kappa shape index (κ2) is 9.63. The highest BCUT2D eigenvalue weighted by Crippen LogP contribution is 2.88. The standard InChI is InChI=1S/C37H54O11/c1-17-12-37(29-34(7,47-29)30(42)48-37)46-20-13-32(5)22-9-8-21-31(3,4)23(45-28-27(41)26(40)19(39)15-43-28)10-11-35(21)16-36(22,35)14-24(44-18(2)38)33(32,6)25(17)20/h9,17,19-21,23-30,39-42H,8,10-16H2,1-7H3/t17-,19-,20+,21?,23+,24-,25+,26+,27-,28+,29-,30-,32+,33-,34+,35-,36+,37-/m1/s1. The summed E-state index contributed by atoms with van der Waals surface area (Å²) in [6, 6.07) is 0. The Labute approximate surface area is 282 Å². The monoisotopic (exact) mass is 674 g/mol. The van der Waals surface area contributed by atoms with E-state index in [-0.39, 0.29) is 75.9 Å². The van der Waals surface area contributed by atoms with Crippen LogP contribution in [0.3, 0.4) is 0 Å². The second-order valence-corrected chi connectivity index (χ2v) is 18.5. The summed E-state index contributed by atoms with van der Waals surface area (Å²) in [5.41, 5.74) is -0.191. The molecule has 9 rings (SSSR count). The van der Waals surface area contributed by atoms with Crippen LogP contribution in [-0.2, 0) is 33.2 Å². The summed E-state index contributed by atoms with van der Waals surface area (Å²) in [6.45, 7) is 14.9. The summed E-state index contributed by atoms with van der Waals surface area (Å²) in [7, 11) is 0. The van der Waals surface area contributed by atoms with Crippen molar-refractivity contribution < 1.29 is 53.6 Å². The molecule has 0 aromatic heterocycles. The van der Waals surface area contributed by atoms with E-state index in [0.717, 1.165) is 38.5 Å². The third kappa shape index (κ3) is 3.69. The lowest BCUT2D eigenvalue weighted by molar-refractivity contribution is -0.345. The molecular formula is C37H54O11. The topological polar surface area (TPSA) is 157 Å². The molecule has 0 bridgehead atoms. The summed E-state index contributed by atoms with van der Waals surface area (Å²) < 4.78 is 37.8. The van der Waals surface area contributed by atoms with E-state index in [2.05, 4.69) is 40.7 Å². The van der Waals surface area contributed by atoms with Crippen molar-refractivity contribution >= 4 is 5.97 Å². The predicted octanol–water partition coefficient (Wildman–Crippen LogP) is 2.95. The zero-order chi connectivity index (χ0) is 34.2. The fraction of sp³-hybridized carbons (Fsp3) is 0.919. The van der Waals surface area contributed by atoms with E-state index in [9.17, 15) is 25.2 Å². The van der Waals surface area contributed by atoms with Gasteiger partial charge in [-0.15, -0.1) is 0 Å². The maximum Gasteiger partial charge on any atom is 0.302 e. The van der Waals surface area contributed by atoms with Crippen LogP contribution in [0.2, 0.25) is 0 Å². The zero-order valence-corrected chi connectivity index (χ0v) is 29.3. The molecule has 11 heteroatoms. The summed E-state index contributed by atoms with van der Waals surface area (Å²) in [5.74, 6) is -0.600. The molecule has 5 aliphatic carbocycles. The van der Waals surface area contributed by atoms with Crippen LogP contribution < -0.4 is 0 Å². The van der Waals surface area contributed by atoms with Crippen LogP contribution in [-0.4, -0.2) is 99.7 Å². The quantitative estimate of drug-likeness (QED) is 0.198. The average Bonchev–Trinajstić information content (AvgIpc) is 3.84. The maximum atomic E-state index is 12.9. The summed E-state index contributed by atoms with van der Waals surface area (Å²) >= 11 is 0. The highest BCUT2D eigenvalue weighted by atomic mass is 16.8. The maximum absolute atomic E-state index is 12.9. The van der Waals surface area contributed by atoms with Crippen molar-refractivity contribution in [2.24, 2.45) is 44.8 Å². The molecule has 0 aromatic carbocycles. The molecule has 48 heavy (non-hydrogen) atoms. The van der Waals surface area contributed by atoms with E-state index in [1.54, 1.807) is 0 Å². The first-order valence-electron chi connectivity index (χ1n) is 18.3. The number of aliphatic hydroxyl groups is 4. The van der Waals surface area contributed by atoms with Gasteiger partial charge in [-0.25, -0.2) is 0 Å². The molecule has 11 nitrogen and oxygen atoms in total. The molecule has 268 valence electrons. The Bertz CT molecular complexity index is 1450. The molecule has 4 saturated carbocycles. The minimum Gasteiger partial charge on any atom is -0.462 e. The van der Waals surface area contributed by atoms with Gasteiger partial charge in [0.15, 0.2) is 12.6 Å². The number of aliphatic hydroxyl groups excluding tert-OH is 4. The Morgan fingerprint density at radius 3 is 2.38 bits per heavy atom. The minimum absolute atomic E-state index is 0.0364. The molecule has 3 spiro atoms. The van der Waals surface area contributed by atoms with Gasteiger partial charge in [0.1, 0.15) is 36.1 Å².